The third-order valence-corrected chi connectivity index (χ3v) is 3.58. The molecule has 3 nitrogen and oxygen atoms in total. The monoisotopic (exact) mass is 191 g/mol. The fourth-order valence-corrected chi connectivity index (χ4v) is 2.22. The first-order valence-corrected chi connectivity index (χ1v) is 6.90. The first kappa shape index (κ1) is 12.1. The van der Waals surface area contributed by atoms with Crippen LogP contribution in [-0.2, 0) is 4.74 Å². The Morgan fingerprint density at radius 1 is 1.42 bits per heavy atom. The van der Waals surface area contributed by atoms with Gasteiger partial charge in [0.05, 0.1) is 22.0 Å². The summed E-state index contributed by atoms with van der Waals surface area (Å²) in [4.78, 5) is 0. The predicted molar refractivity (Wildman–Crippen MR) is 50.6 cm³/mol. The van der Waals surface area contributed by atoms with E-state index >= 15 is 0 Å². The standard InChI is InChI=1S/C8H19O3Si/c1-4-8(12(2)3)11-6-7(10)5-9/h7-10H,4-6H2,1-3H3. The van der Waals surface area contributed by atoms with Crippen molar-refractivity contribution in [1.29, 1.82) is 0 Å². The van der Waals surface area contributed by atoms with Crippen LogP contribution < -0.4 is 0 Å². The number of aliphatic hydroxyl groups excluding tert-OH is 2. The van der Waals surface area contributed by atoms with E-state index < -0.39 is 14.9 Å². The lowest BCUT2D eigenvalue weighted by atomic mass is 10.4. The molecule has 0 aliphatic carbocycles. The van der Waals surface area contributed by atoms with Gasteiger partial charge in [-0.1, -0.05) is 20.0 Å². The SMILES string of the molecule is CCC(OCC(O)CO)[Si](C)C. The van der Waals surface area contributed by atoms with E-state index in [0.717, 1.165) is 6.42 Å². The summed E-state index contributed by atoms with van der Waals surface area (Å²) in [7, 11) is -0.443. The first-order valence-electron chi connectivity index (χ1n) is 4.32. The van der Waals surface area contributed by atoms with Gasteiger partial charge in [0.2, 0.25) is 0 Å². The van der Waals surface area contributed by atoms with Crippen LogP contribution in [0.4, 0.5) is 0 Å². The molecular weight excluding hydrogens is 172 g/mol. The van der Waals surface area contributed by atoms with Crippen LogP contribution in [0.15, 0.2) is 0 Å². The fourth-order valence-electron chi connectivity index (χ4n) is 0.973. The molecule has 0 aromatic carbocycles. The molecule has 12 heavy (non-hydrogen) atoms. The van der Waals surface area contributed by atoms with Crippen molar-refractivity contribution in [3.8, 4) is 0 Å². The van der Waals surface area contributed by atoms with E-state index in [1.165, 1.54) is 0 Å². The summed E-state index contributed by atoms with van der Waals surface area (Å²) >= 11 is 0. The van der Waals surface area contributed by atoms with Crippen LogP contribution in [0.25, 0.3) is 0 Å². The van der Waals surface area contributed by atoms with Crippen LogP contribution in [0, 0.1) is 0 Å². The molecule has 0 spiro atoms. The van der Waals surface area contributed by atoms with Crippen LogP contribution in [0.1, 0.15) is 13.3 Å². The van der Waals surface area contributed by atoms with Gasteiger partial charge >= 0.3 is 0 Å². The van der Waals surface area contributed by atoms with Crippen molar-refractivity contribution >= 4 is 8.80 Å². The van der Waals surface area contributed by atoms with Gasteiger partial charge in [-0.25, -0.2) is 0 Å². The third-order valence-electron chi connectivity index (χ3n) is 1.72. The summed E-state index contributed by atoms with van der Waals surface area (Å²) < 4.78 is 5.44. The molecule has 0 bridgehead atoms. The van der Waals surface area contributed by atoms with Crippen molar-refractivity contribution < 1.29 is 14.9 Å². The molecule has 2 N–H and O–H groups in total. The average Bonchev–Trinajstić information content (AvgIpc) is 2.04. The van der Waals surface area contributed by atoms with Gasteiger partial charge in [-0.15, -0.1) is 0 Å². The highest BCUT2D eigenvalue weighted by molar-refractivity contribution is 6.57. The van der Waals surface area contributed by atoms with E-state index in [1.807, 2.05) is 0 Å². The van der Waals surface area contributed by atoms with Gasteiger partial charge in [-0.05, 0) is 6.42 Å². The van der Waals surface area contributed by atoms with Crippen molar-refractivity contribution in [3.05, 3.63) is 0 Å². The Morgan fingerprint density at radius 3 is 2.33 bits per heavy atom. The largest absolute Gasteiger partial charge is 0.394 e. The molecule has 0 saturated heterocycles. The minimum atomic E-state index is -0.722. The maximum Gasteiger partial charge on any atom is 0.100 e. The minimum Gasteiger partial charge on any atom is -0.394 e. The van der Waals surface area contributed by atoms with Crippen molar-refractivity contribution in [2.24, 2.45) is 0 Å². The van der Waals surface area contributed by atoms with Gasteiger partial charge in [-0.3, -0.25) is 0 Å². The van der Waals surface area contributed by atoms with Gasteiger partial charge in [0, 0.05) is 5.73 Å². The second-order valence-corrected chi connectivity index (χ2v) is 5.94. The Kier molecular flexibility index (Phi) is 6.65. The Balaban J connectivity index is 3.58. The summed E-state index contributed by atoms with van der Waals surface area (Å²) in [5, 5.41) is 17.6. The van der Waals surface area contributed by atoms with Crippen LogP contribution in [0.2, 0.25) is 13.1 Å². The molecule has 0 fully saturated rings. The molecule has 0 aliphatic heterocycles. The molecule has 0 aliphatic rings. The van der Waals surface area contributed by atoms with E-state index in [2.05, 4.69) is 20.0 Å². The summed E-state index contributed by atoms with van der Waals surface area (Å²) in [5.41, 5.74) is 0.288. The quantitative estimate of drug-likeness (QED) is 0.599. The summed E-state index contributed by atoms with van der Waals surface area (Å²) in [5.74, 6) is 0. The van der Waals surface area contributed by atoms with Gasteiger partial charge in [0.1, 0.15) is 6.10 Å². The van der Waals surface area contributed by atoms with Crippen molar-refractivity contribution in [2.45, 2.75) is 38.3 Å². The first-order chi connectivity index (χ1) is 5.61. The zero-order valence-electron chi connectivity index (χ0n) is 8.08. The lowest BCUT2D eigenvalue weighted by molar-refractivity contribution is -0.00705. The highest BCUT2D eigenvalue weighted by Gasteiger charge is 2.14. The maximum absolute atomic E-state index is 9.02. The molecule has 1 radical (unpaired) electrons. The number of rotatable bonds is 6. The molecule has 4 heteroatoms. The molecule has 0 saturated carbocycles. The average molecular weight is 191 g/mol. The van der Waals surface area contributed by atoms with Gasteiger partial charge in [0.25, 0.3) is 0 Å². The molecule has 2 atom stereocenters. The van der Waals surface area contributed by atoms with E-state index in [4.69, 9.17) is 14.9 Å². The van der Waals surface area contributed by atoms with Crippen LogP contribution in [0.3, 0.4) is 0 Å². The number of ether oxygens (including phenoxy) is 1. The Morgan fingerprint density at radius 2 is 2.00 bits per heavy atom. The Hall–Kier alpha value is 0.0969. The van der Waals surface area contributed by atoms with Gasteiger partial charge in [-0.2, -0.15) is 0 Å². The Labute approximate surface area is 76.0 Å². The number of hydrogen-bond donors (Lipinski definition) is 2. The molecule has 0 rings (SSSR count). The number of hydrogen-bond acceptors (Lipinski definition) is 3. The predicted octanol–water partition coefficient (Wildman–Crippen LogP) is 0.428. The Bertz CT molecular complexity index is 108. The second kappa shape index (κ2) is 6.60. The van der Waals surface area contributed by atoms with Crippen molar-refractivity contribution in [1.82, 2.24) is 0 Å². The van der Waals surface area contributed by atoms with Gasteiger partial charge < -0.3 is 14.9 Å². The minimum absolute atomic E-state index is 0.216. The normalized spacial score (nSPS) is 16.5. The maximum atomic E-state index is 9.02. The van der Waals surface area contributed by atoms with Crippen molar-refractivity contribution in [2.75, 3.05) is 13.2 Å². The third kappa shape index (κ3) is 4.87. The molecule has 0 aromatic rings. The fraction of sp³-hybridized carbons (Fsp3) is 1.00. The molecule has 0 heterocycles. The lowest BCUT2D eigenvalue weighted by Crippen LogP contribution is -2.31. The summed E-state index contributed by atoms with van der Waals surface area (Å²) in [6, 6.07) is 0. The second-order valence-electron chi connectivity index (χ2n) is 3.14. The van der Waals surface area contributed by atoms with Crippen LogP contribution in [-0.4, -0.2) is 44.1 Å². The summed E-state index contributed by atoms with van der Waals surface area (Å²) in [6.07, 6.45) is 0.264. The molecular formula is C8H19O3Si. The van der Waals surface area contributed by atoms with E-state index in [9.17, 15) is 0 Å². The lowest BCUT2D eigenvalue weighted by Gasteiger charge is -2.20. The molecule has 0 aromatic heterocycles. The zero-order chi connectivity index (χ0) is 9.56. The van der Waals surface area contributed by atoms with Gasteiger partial charge in [0.15, 0.2) is 0 Å². The van der Waals surface area contributed by atoms with E-state index in [0.29, 0.717) is 0 Å². The molecule has 0 amide bonds. The van der Waals surface area contributed by atoms with Crippen LogP contribution >= 0.6 is 0 Å². The molecule has 73 valence electrons. The zero-order valence-corrected chi connectivity index (χ0v) is 9.08. The van der Waals surface area contributed by atoms with Crippen LogP contribution in [0.5, 0.6) is 0 Å². The number of aliphatic hydroxyl groups is 2. The highest BCUT2D eigenvalue weighted by atomic mass is 28.3. The molecule has 2 unspecified atom stereocenters. The topological polar surface area (TPSA) is 49.7 Å². The smallest absolute Gasteiger partial charge is 0.100 e. The summed E-state index contributed by atoms with van der Waals surface area (Å²) in [6.45, 7) is 6.48. The van der Waals surface area contributed by atoms with E-state index in [-0.39, 0.29) is 18.9 Å². The highest BCUT2D eigenvalue weighted by Crippen LogP contribution is 2.03. The van der Waals surface area contributed by atoms with Crippen molar-refractivity contribution in [3.63, 3.8) is 0 Å². The van der Waals surface area contributed by atoms with E-state index in [1.54, 1.807) is 0 Å².